The Morgan fingerprint density at radius 1 is 1.18 bits per heavy atom. The van der Waals surface area contributed by atoms with E-state index in [0.29, 0.717) is 0 Å². The smallest absolute Gasteiger partial charge is 0.243 e. The van der Waals surface area contributed by atoms with Crippen molar-refractivity contribution in [3.63, 3.8) is 0 Å². The summed E-state index contributed by atoms with van der Waals surface area (Å²) in [5.41, 5.74) is 6.63. The van der Waals surface area contributed by atoms with Crippen molar-refractivity contribution in [3.05, 3.63) is 65.3 Å². The molecule has 39 heavy (non-hydrogen) atoms. The number of benzene rings is 1. The number of aromatic hydroxyl groups is 1. The molecule has 0 bridgehead atoms. The lowest BCUT2D eigenvalue weighted by atomic mass is 10.2. The third-order valence-electron chi connectivity index (χ3n) is 5.65. The minimum atomic E-state index is -4.20. The number of aryl methyl sites for hydroxylation is 1. The summed E-state index contributed by atoms with van der Waals surface area (Å²) in [6.07, 6.45) is 3.63. The van der Waals surface area contributed by atoms with E-state index in [1.54, 1.807) is 31.5 Å². The van der Waals surface area contributed by atoms with E-state index in [1.165, 1.54) is 37.9 Å². The lowest BCUT2D eigenvalue weighted by molar-refractivity contribution is 0.0949. The lowest BCUT2D eigenvalue weighted by Gasteiger charge is -2.22. The summed E-state index contributed by atoms with van der Waals surface area (Å²) >= 11 is 0. The molecule has 0 amide bonds. The van der Waals surface area contributed by atoms with Crippen molar-refractivity contribution in [3.8, 4) is 17.2 Å². The Morgan fingerprint density at radius 3 is 2.59 bits per heavy atom. The van der Waals surface area contributed by atoms with Crippen molar-refractivity contribution in [1.29, 1.82) is 0 Å². The highest BCUT2D eigenvalue weighted by Crippen LogP contribution is 2.37. The lowest BCUT2D eigenvalue weighted by Crippen LogP contribution is -2.33. The second-order valence-electron chi connectivity index (χ2n) is 8.28. The van der Waals surface area contributed by atoms with Gasteiger partial charge in [-0.25, -0.2) is 23.4 Å². The van der Waals surface area contributed by atoms with Crippen molar-refractivity contribution < 1.29 is 27.7 Å². The SMILES string of the molecule is CCOc1cccc(O)c1-n1c(NS(=O)(=O)[C@@H](C)[C@H](OC)c2ncc(C)cn2)nnc1C1=C=C=CC(OC)=N1. The molecule has 2 aromatic heterocycles. The average Bonchev–Trinajstić information content (AvgIpc) is 3.32. The van der Waals surface area contributed by atoms with Gasteiger partial charge in [0, 0.05) is 19.5 Å². The highest BCUT2D eigenvalue weighted by Gasteiger charge is 2.35. The Hall–Kier alpha value is -4.48. The maximum absolute atomic E-state index is 13.6. The Morgan fingerprint density at radius 2 is 1.92 bits per heavy atom. The topological polar surface area (TPSA) is 163 Å². The molecule has 0 aliphatic carbocycles. The van der Waals surface area contributed by atoms with Gasteiger partial charge < -0.3 is 19.3 Å². The van der Waals surface area contributed by atoms with Crippen molar-refractivity contribution in [1.82, 2.24) is 24.7 Å². The van der Waals surface area contributed by atoms with E-state index in [0.717, 1.165) is 5.56 Å². The summed E-state index contributed by atoms with van der Waals surface area (Å²) in [4.78, 5) is 12.8. The molecule has 13 nitrogen and oxygen atoms in total. The number of anilines is 1. The van der Waals surface area contributed by atoms with Gasteiger partial charge in [0.15, 0.2) is 17.3 Å². The molecule has 1 aliphatic rings. The zero-order chi connectivity index (χ0) is 28.2. The number of hydrogen-bond acceptors (Lipinski definition) is 11. The van der Waals surface area contributed by atoms with Gasteiger partial charge in [-0.3, -0.25) is 9.29 Å². The van der Waals surface area contributed by atoms with Crippen LogP contribution >= 0.6 is 0 Å². The van der Waals surface area contributed by atoms with Gasteiger partial charge in [0.25, 0.3) is 0 Å². The molecule has 1 aromatic carbocycles. The quantitative estimate of drug-likeness (QED) is 0.357. The molecule has 0 unspecified atom stereocenters. The minimum Gasteiger partial charge on any atom is -0.506 e. The molecular formula is C25H27N7O6S. The highest BCUT2D eigenvalue weighted by atomic mass is 32.2. The van der Waals surface area contributed by atoms with Gasteiger partial charge in [-0.1, -0.05) is 11.8 Å². The first-order chi connectivity index (χ1) is 18.7. The predicted octanol–water partition coefficient (Wildman–Crippen LogP) is 2.70. The summed E-state index contributed by atoms with van der Waals surface area (Å²) < 4.78 is 47.3. The van der Waals surface area contributed by atoms with Gasteiger partial charge in [0.05, 0.1) is 19.8 Å². The zero-order valence-electron chi connectivity index (χ0n) is 21.9. The average molecular weight is 554 g/mol. The molecule has 204 valence electrons. The molecule has 2 N–H and O–H groups in total. The largest absolute Gasteiger partial charge is 0.506 e. The van der Waals surface area contributed by atoms with Crippen LogP contribution in [0.25, 0.3) is 11.4 Å². The second kappa shape index (κ2) is 11.5. The van der Waals surface area contributed by atoms with E-state index < -0.39 is 21.4 Å². The standard InChI is InChI=1S/C25H27N7O6S/c1-6-38-19-11-8-10-18(33)21(19)32-24(17-9-7-12-20(28-17)36-4)29-30-25(32)31-39(34,35)16(3)22(37-5)23-26-13-15(2)14-27-23/h8,10-14,16,22,33H,6H2,1-5H3,(H,30,31)/t16-,22-/m0/s1. The fourth-order valence-electron chi connectivity index (χ4n) is 3.71. The Kier molecular flexibility index (Phi) is 8.12. The summed E-state index contributed by atoms with van der Waals surface area (Å²) in [6, 6.07) is 4.63. The molecule has 4 rings (SSSR count). The first kappa shape index (κ1) is 27.6. The number of ether oxygens (including phenoxy) is 3. The van der Waals surface area contributed by atoms with E-state index in [2.05, 4.69) is 41.3 Å². The van der Waals surface area contributed by atoms with Crippen LogP contribution in [0.5, 0.6) is 11.5 Å². The van der Waals surface area contributed by atoms with E-state index in [1.807, 2.05) is 6.92 Å². The number of nitrogens with zero attached hydrogens (tertiary/aromatic N) is 6. The van der Waals surface area contributed by atoms with Gasteiger partial charge in [0.2, 0.25) is 21.9 Å². The summed E-state index contributed by atoms with van der Waals surface area (Å²) in [7, 11) is -1.39. The molecule has 0 spiro atoms. The fourth-order valence-corrected chi connectivity index (χ4v) is 4.84. The predicted molar refractivity (Wildman–Crippen MR) is 142 cm³/mol. The summed E-state index contributed by atoms with van der Waals surface area (Å²) in [5.74, 6) is 0.262. The molecule has 2 atom stereocenters. The van der Waals surface area contributed by atoms with Gasteiger partial charge >= 0.3 is 0 Å². The molecule has 3 aromatic rings. The van der Waals surface area contributed by atoms with E-state index >= 15 is 0 Å². The normalized spacial score (nSPS) is 14.4. The number of phenolic OH excluding ortho intramolecular Hbond substituents is 1. The van der Waals surface area contributed by atoms with Crippen molar-refractivity contribution in [2.24, 2.45) is 4.99 Å². The third kappa shape index (κ3) is 5.69. The number of aromatic nitrogens is 5. The molecular weight excluding hydrogens is 526 g/mol. The van der Waals surface area contributed by atoms with Crippen LogP contribution in [0.2, 0.25) is 0 Å². The van der Waals surface area contributed by atoms with Crippen molar-refractivity contribution in [2.75, 3.05) is 25.5 Å². The van der Waals surface area contributed by atoms with Gasteiger partial charge in [-0.05, 0) is 44.2 Å². The fraction of sp³-hybridized carbons (Fsp3) is 0.320. The van der Waals surface area contributed by atoms with Crippen LogP contribution in [-0.4, -0.2) is 70.2 Å². The van der Waals surface area contributed by atoms with Crippen LogP contribution in [0.1, 0.15) is 37.2 Å². The van der Waals surface area contributed by atoms with Crippen LogP contribution in [0, 0.1) is 6.92 Å². The summed E-state index contributed by atoms with van der Waals surface area (Å²) in [6.45, 7) is 5.32. The van der Waals surface area contributed by atoms with Crippen LogP contribution in [0.3, 0.4) is 0 Å². The van der Waals surface area contributed by atoms with E-state index in [9.17, 15) is 13.5 Å². The molecule has 0 saturated carbocycles. The molecule has 0 fully saturated rings. The number of hydrogen-bond donors (Lipinski definition) is 2. The monoisotopic (exact) mass is 553 g/mol. The number of rotatable bonds is 10. The number of sulfonamides is 1. The van der Waals surface area contributed by atoms with Crippen LogP contribution in [0.4, 0.5) is 5.95 Å². The number of para-hydroxylation sites is 1. The second-order valence-corrected chi connectivity index (χ2v) is 10.3. The number of nitrogens with one attached hydrogen (secondary N) is 1. The van der Waals surface area contributed by atoms with E-state index in [4.69, 9.17) is 14.2 Å². The molecule has 0 radical (unpaired) electrons. The zero-order valence-corrected chi connectivity index (χ0v) is 22.7. The first-order valence-corrected chi connectivity index (χ1v) is 13.3. The number of phenols is 1. The Balaban J connectivity index is 1.84. The first-order valence-electron chi connectivity index (χ1n) is 11.8. The van der Waals surface area contributed by atoms with Gasteiger partial charge in [-0.15, -0.1) is 10.2 Å². The summed E-state index contributed by atoms with van der Waals surface area (Å²) in [5, 5.41) is 17.9. The van der Waals surface area contributed by atoms with Crippen LogP contribution in [-0.2, 0) is 19.5 Å². The molecule has 14 heteroatoms. The Bertz CT molecular complexity index is 1600. The maximum Gasteiger partial charge on any atom is 0.243 e. The van der Waals surface area contributed by atoms with Gasteiger partial charge in [0.1, 0.15) is 28.5 Å². The Labute approximate surface area is 225 Å². The van der Waals surface area contributed by atoms with Gasteiger partial charge in [-0.2, -0.15) is 0 Å². The third-order valence-corrected chi connectivity index (χ3v) is 7.35. The van der Waals surface area contributed by atoms with Crippen molar-refractivity contribution in [2.45, 2.75) is 32.1 Å². The maximum atomic E-state index is 13.6. The highest BCUT2D eigenvalue weighted by molar-refractivity contribution is 7.93. The van der Waals surface area contributed by atoms with Crippen molar-refractivity contribution >= 4 is 27.6 Å². The van der Waals surface area contributed by atoms with E-state index in [-0.39, 0.29) is 53.0 Å². The van der Waals surface area contributed by atoms with Crippen LogP contribution < -0.4 is 9.46 Å². The van der Waals surface area contributed by atoms with Crippen LogP contribution in [0.15, 0.2) is 53.1 Å². The molecule has 3 heterocycles. The minimum absolute atomic E-state index is 0.0446. The number of methoxy groups -OCH3 is 2. The molecule has 0 saturated heterocycles. The molecule has 1 aliphatic heterocycles. The number of aliphatic imine (C=N–C) groups is 1.